The van der Waals surface area contributed by atoms with Crippen LogP contribution in [0.3, 0.4) is 0 Å². The Bertz CT molecular complexity index is 755. The molecule has 0 saturated carbocycles. The lowest BCUT2D eigenvalue weighted by Crippen LogP contribution is -2.22. The van der Waals surface area contributed by atoms with E-state index >= 15 is 0 Å². The van der Waals surface area contributed by atoms with Gasteiger partial charge < -0.3 is 21.7 Å². The zero-order valence-corrected chi connectivity index (χ0v) is 17.0. The van der Waals surface area contributed by atoms with Crippen molar-refractivity contribution in [2.75, 3.05) is 19.4 Å². The smallest absolute Gasteiger partial charge is 0.248 e. The number of carbonyl (C=O) groups excluding carboxylic acids is 2. The highest BCUT2D eigenvalue weighted by molar-refractivity contribution is 5.97. The number of rotatable bonds is 7. The average Bonchev–Trinajstić information content (AvgIpc) is 2.56. The lowest BCUT2D eigenvalue weighted by atomic mass is 10.0. The van der Waals surface area contributed by atoms with Gasteiger partial charge in [0.1, 0.15) is 0 Å². The third-order valence-corrected chi connectivity index (χ3v) is 3.79. The molecule has 0 aliphatic heterocycles. The summed E-state index contributed by atoms with van der Waals surface area (Å²) in [4.78, 5) is 25.8. The van der Waals surface area contributed by atoms with Crippen molar-refractivity contribution in [1.82, 2.24) is 4.90 Å². The summed E-state index contributed by atoms with van der Waals surface area (Å²) in [5.41, 5.74) is 14.2. The number of benzene rings is 2. The van der Waals surface area contributed by atoms with E-state index in [1.165, 1.54) is 0 Å². The summed E-state index contributed by atoms with van der Waals surface area (Å²) in [6.45, 7) is 0.624. The average molecular weight is 413 g/mol. The quantitative estimate of drug-likeness (QED) is 0.650. The van der Waals surface area contributed by atoms with Gasteiger partial charge in [0.05, 0.1) is 0 Å². The second-order valence-corrected chi connectivity index (χ2v) is 6.24. The second kappa shape index (κ2) is 11.6. The van der Waals surface area contributed by atoms with Crippen molar-refractivity contribution in [1.29, 1.82) is 0 Å². The van der Waals surface area contributed by atoms with Crippen molar-refractivity contribution in [2.24, 2.45) is 11.5 Å². The molecule has 0 fully saturated rings. The molecule has 148 valence electrons. The van der Waals surface area contributed by atoms with Gasteiger partial charge in [-0.1, -0.05) is 36.4 Å². The maximum Gasteiger partial charge on any atom is 0.248 e. The van der Waals surface area contributed by atoms with Gasteiger partial charge in [-0.3, -0.25) is 9.59 Å². The van der Waals surface area contributed by atoms with Gasteiger partial charge >= 0.3 is 0 Å². The van der Waals surface area contributed by atoms with Crippen LogP contribution in [0.2, 0.25) is 0 Å². The Morgan fingerprint density at radius 1 is 1.07 bits per heavy atom. The van der Waals surface area contributed by atoms with Gasteiger partial charge in [0.2, 0.25) is 11.8 Å². The summed E-state index contributed by atoms with van der Waals surface area (Å²) in [6.07, 6.45) is 0.145. The van der Waals surface area contributed by atoms with Crippen molar-refractivity contribution in [2.45, 2.75) is 19.0 Å². The molecule has 8 heteroatoms. The van der Waals surface area contributed by atoms with Crippen molar-refractivity contribution >= 4 is 42.3 Å². The molecule has 0 aliphatic carbocycles. The fraction of sp³-hybridized carbons (Fsp3) is 0.263. The molecule has 0 bridgehead atoms. The Morgan fingerprint density at radius 3 is 2.26 bits per heavy atom. The van der Waals surface area contributed by atoms with Crippen LogP contribution in [0.4, 0.5) is 5.69 Å². The molecular weight excluding hydrogens is 387 g/mol. The summed E-state index contributed by atoms with van der Waals surface area (Å²) in [5, 5.41) is 2.86. The third-order valence-electron chi connectivity index (χ3n) is 3.79. The molecule has 0 heterocycles. The molecular formula is C19H26Cl2N4O2. The van der Waals surface area contributed by atoms with Crippen molar-refractivity contribution in [3.8, 4) is 0 Å². The highest BCUT2D eigenvalue weighted by Crippen LogP contribution is 2.21. The van der Waals surface area contributed by atoms with Gasteiger partial charge in [-0.25, -0.2) is 0 Å². The highest BCUT2D eigenvalue weighted by atomic mass is 35.5. The Kier molecular flexibility index (Phi) is 10.7. The number of nitrogens with two attached hydrogens (primary N) is 2. The maximum atomic E-state index is 12.4. The van der Waals surface area contributed by atoms with Crippen LogP contribution in [0.1, 0.15) is 33.9 Å². The monoisotopic (exact) mass is 412 g/mol. The zero-order chi connectivity index (χ0) is 18.4. The lowest BCUT2D eigenvalue weighted by molar-refractivity contribution is -0.116. The van der Waals surface area contributed by atoms with Crippen molar-refractivity contribution in [3.05, 3.63) is 65.2 Å². The standard InChI is InChI=1S/C19H24N4O2.2ClH/c1-23(2)12-15-9-8-14(19(21)25)10-17(15)22-18(24)11-16(20)13-6-4-3-5-7-13;;/h3-10,16H,11-12,20H2,1-2H3,(H2,21,25)(H,22,24);2*1H. The van der Waals surface area contributed by atoms with Crippen LogP contribution in [0.15, 0.2) is 48.5 Å². The first-order valence-electron chi connectivity index (χ1n) is 8.04. The molecule has 0 saturated heterocycles. The number of nitrogens with one attached hydrogen (secondary N) is 1. The SMILES string of the molecule is CN(C)Cc1ccc(C(N)=O)cc1NC(=O)CC(N)c1ccccc1.Cl.Cl. The minimum Gasteiger partial charge on any atom is -0.366 e. The molecule has 0 aromatic heterocycles. The molecule has 0 radical (unpaired) electrons. The van der Waals surface area contributed by atoms with Crippen molar-refractivity contribution in [3.63, 3.8) is 0 Å². The molecule has 2 aromatic carbocycles. The first-order valence-corrected chi connectivity index (χ1v) is 8.04. The number of amides is 2. The number of halogens is 2. The minimum atomic E-state index is -0.534. The first-order chi connectivity index (χ1) is 11.9. The van der Waals surface area contributed by atoms with Crippen LogP contribution in [-0.2, 0) is 11.3 Å². The Labute approximate surface area is 172 Å². The van der Waals surface area contributed by atoms with Gasteiger partial charge in [0.25, 0.3) is 0 Å². The van der Waals surface area contributed by atoms with Crippen LogP contribution >= 0.6 is 24.8 Å². The fourth-order valence-electron chi connectivity index (χ4n) is 2.54. The lowest BCUT2D eigenvalue weighted by Gasteiger charge is -2.17. The van der Waals surface area contributed by atoms with Gasteiger partial charge in [0, 0.05) is 30.3 Å². The predicted molar refractivity (Wildman–Crippen MR) is 113 cm³/mol. The van der Waals surface area contributed by atoms with Crippen LogP contribution in [0.25, 0.3) is 0 Å². The highest BCUT2D eigenvalue weighted by Gasteiger charge is 2.14. The molecule has 0 spiro atoms. The van der Waals surface area contributed by atoms with E-state index in [1.807, 2.05) is 49.3 Å². The summed E-state index contributed by atoms with van der Waals surface area (Å²) in [6, 6.07) is 14.1. The minimum absolute atomic E-state index is 0. The summed E-state index contributed by atoms with van der Waals surface area (Å²) >= 11 is 0. The maximum absolute atomic E-state index is 12.4. The van der Waals surface area contributed by atoms with E-state index in [-0.39, 0.29) is 37.1 Å². The molecule has 5 N–H and O–H groups in total. The normalized spacial score (nSPS) is 11.1. The van der Waals surface area contributed by atoms with E-state index in [1.54, 1.807) is 18.2 Å². The topological polar surface area (TPSA) is 101 Å². The van der Waals surface area contributed by atoms with Gasteiger partial charge in [-0.15, -0.1) is 24.8 Å². The van der Waals surface area contributed by atoms with E-state index in [9.17, 15) is 9.59 Å². The van der Waals surface area contributed by atoms with Crippen LogP contribution in [-0.4, -0.2) is 30.8 Å². The molecule has 27 heavy (non-hydrogen) atoms. The van der Waals surface area contributed by atoms with Crippen LogP contribution in [0, 0.1) is 0 Å². The van der Waals surface area contributed by atoms with Gasteiger partial charge in [0.15, 0.2) is 0 Å². The Morgan fingerprint density at radius 2 is 1.70 bits per heavy atom. The predicted octanol–water partition coefficient (Wildman–Crippen LogP) is 2.72. The number of hydrogen-bond acceptors (Lipinski definition) is 4. The van der Waals surface area contributed by atoms with E-state index in [0.29, 0.717) is 17.8 Å². The third kappa shape index (κ3) is 7.56. The van der Waals surface area contributed by atoms with Gasteiger partial charge in [-0.05, 0) is 37.4 Å². The van der Waals surface area contributed by atoms with Gasteiger partial charge in [-0.2, -0.15) is 0 Å². The number of nitrogens with zero attached hydrogens (tertiary/aromatic N) is 1. The molecule has 6 nitrogen and oxygen atoms in total. The molecule has 2 aromatic rings. The Hall–Kier alpha value is -2.12. The zero-order valence-electron chi connectivity index (χ0n) is 15.3. The van der Waals surface area contributed by atoms with Crippen LogP contribution < -0.4 is 16.8 Å². The van der Waals surface area contributed by atoms with E-state index in [2.05, 4.69) is 5.32 Å². The first kappa shape index (κ1) is 24.9. The number of anilines is 1. The van der Waals surface area contributed by atoms with E-state index in [4.69, 9.17) is 11.5 Å². The number of carbonyl (C=O) groups is 2. The summed E-state index contributed by atoms with van der Waals surface area (Å²) in [7, 11) is 3.86. The van der Waals surface area contributed by atoms with E-state index in [0.717, 1.165) is 11.1 Å². The van der Waals surface area contributed by atoms with E-state index < -0.39 is 11.9 Å². The largest absolute Gasteiger partial charge is 0.366 e. The summed E-state index contributed by atoms with van der Waals surface area (Å²) < 4.78 is 0. The fourth-order valence-corrected chi connectivity index (χ4v) is 2.54. The molecule has 1 unspecified atom stereocenters. The van der Waals surface area contributed by atoms with Crippen LogP contribution in [0.5, 0.6) is 0 Å². The van der Waals surface area contributed by atoms with Crippen molar-refractivity contribution < 1.29 is 9.59 Å². The number of primary amides is 1. The molecule has 0 aliphatic rings. The second-order valence-electron chi connectivity index (χ2n) is 6.24. The molecule has 1 atom stereocenters. The number of hydrogen-bond donors (Lipinski definition) is 3. The Balaban J connectivity index is 0.00000338. The molecule has 2 rings (SSSR count). The molecule has 2 amide bonds. The summed E-state index contributed by atoms with van der Waals surface area (Å²) in [5.74, 6) is -0.745.